The summed E-state index contributed by atoms with van der Waals surface area (Å²) in [4.78, 5) is 24.0. The van der Waals surface area contributed by atoms with Crippen LogP contribution >= 0.6 is 11.6 Å². The molecule has 0 radical (unpaired) electrons. The van der Waals surface area contributed by atoms with E-state index in [0.717, 1.165) is 5.56 Å². The molecule has 0 aliphatic heterocycles. The summed E-state index contributed by atoms with van der Waals surface area (Å²) in [5.74, 6) is -0.119. The van der Waals surface area contributed by atoms with Crippen molar-refractivity contribution in [2.75, 3.05) is 11.9 Å². The van der Waals surface area contributed by atoms with Crippen LogP contribution in [0.3, 0.4) is 0 Å². The van der Waals surface area contributed by atoms with Crippen molar-refractivity contribution < 1.29 is 19.1 Å². The van der Waals surface area contributed by atoms with Crippen LogP contribution in [0.4, 0.5) is 5.69 Å². The van der Waals surface area contributed by atoms with Gasteiger partial charge < -0.3 is 14.8 Å². The molecule has 1 N–H and O–H groups in total. The monoisotopic (exact) mass is 361 g/mol. The molecule has 0 bridgehead atoms. The first-order valence-corrected chi connectivity index (χ1v) is 8.29. The number of hydrogen-bond donors (Lipinski definition) is 1. The molecule has 0 fully saturated rings. The van der Waals surface area contributed by atoms with Crippen LogP contribution in [0.1, 0.15) is 29.8 Å². The zero-order valence-corrected chi connectivity index (χ0v) is 15.1. The standard InChI is InChI=1S/C19H20ClNO4/c1-4-24-19(23)14-5-10-17(12(2)11-14)21-18(22)13(3)25-16-8-6-15(20)7-9-16/h5-11,13H,4H2,1-3H3,(H,21,22)/t13-/m0/s1. The Morgan fingerprint density at radius 1 is 1.16 bits per heavy atom. The lowest BCUT2D eigenvalue weighted by atomic mass is 10.1. The zero-order valence-electron chi connectivity index (χ0n) is 14.3. The number of anilines is 1. The highest BCUT2D eigenvalue weighted by Gasteiger charge is 2.16. The Morgan fingerprint density at radius 3 is 2.44 bits per heavy atom. The van der Waals surface area contributed by atoms with Gasteiger partial charge in [-0.1, -0.05) is 11.6 Å². The van der Waals surface area contributed by atoms with Gasteiger partial charge in [0.1, 0.15) is 5.75 Å². The fraction of sp³-hybridized carbons (Fsp3) is 0.263. The van der Waals surface area contributed by atoms with Crippen LogP contribution in [0.2, 0.25) is 5.02 Å². The van der Waals surface area contributed by atoms with Gasteiger partial charge in [-0.15, -0.1) is 0 Å². The van der Waals surface area contributed by atoms with Crippen molar-refractivity contribution in [1.82, 2.24) is 0 Å². The van der Waals surface area contributed by atoms with Crippen LogP contribution in [0.5, 0.6) is 5.75 Å². The van der Waals surface area contributed by atoms with Gasteiger partial charge in [0.05, 0.1) is 12.2 Å². The molecule has 0 aliphatic rings. The molecule has 0 aliphatic carbocycles. The molecule has 0 saturated carbocycles. The lowest BCUT2D eigenvalue weighted by Crippen LogP contribution is -2.30. The SMILES string of the molecule is CCOC(=O)c1ccc(NC(=O)[C@H](C)Oc2ccc(Cl)cc2)c(C)c1. The summed E-state index contributed by atoms with van der Waals surface area (Å²) in [5.41, 5.74) is 1.82. The number of esters is 1. The third-order valence-corrected chi connectivity index (χ3v) is 3.74. The van der Waals surface area contributed by atoms with Gasteiger partial charge in [0.2, 0.25) is 0 Å². The molecule has 0 unspecified atom stereocenters. The minimum absolute atomic E-state index is 0.290. The van der Waals surface area contributed by atoms with E-state index in [1.807, 2.05) is 6.92 Å². The van der Waals surface area contributed by atoms with Crippen molar-refractivity contribution >= 4 is 29.2 Å². The zero-order chi connectivity index (χ0) is 18.4. The molecule has 1 amide bonds. The van der Waals surface area contributed by atoms with E-state index in [-0.39, 0.29) is 11.9 Å². The average Bonchev–Trinajstić information content (AvgIpc) is 2.58. The highest BCUT2D eigenvalue weighted by Crippen LogP contribution is 2.20. The van der Waals surface area contributed by atoms with E-state index >= 15 is 0 Å². The largest absolute Gasteiger partial charge is 0.481 e. The van der Waals surface area contributed by atoms with Crippen LogP contribution in [-0.2, 0) is 9.53 Å². The number of carbonyl (C=O) groups is 2. The summed E-state index contributed by atoms with van der Waals surface area (Å²) in [7, 11) is 0. The molecule has 6 heteroatoms. The number of halogens is 1. The fourth-order valence-electron chi connectivity index (χ4n) is 2.15. The highest BCUT2D eigenvalue weighted by molar-refractivity contribution is 6.30. The Morgan fingerprint density at radius 2 is 1.84 bits per heavy atom. The second kappa shape index (κ2) is 8.53. The number of hydrogen-bond acceptors (Lipinski definition) is 4. The first-order valence-electron chi connectivity index (χ1n) is 7.91. The van der Waals surface area contributed by atoms with Gasteiger partial charge in [0.15, 0.2) is 6.10 Å². The van der Waals surface area contributed by atoms with Crippen LogP contribution in [0.25, 0.3) is 0 Å². The van der Waals surface area contributed by atoms with Gasteiger partial charge >= 0.3 is 5.97 Å². The topological polar surface area (TPSA) is 64.6 Å². The Labute approximate surface area is 151 Å². The van der Waals surface area contributed by atoms with Crippen molar-refractivity contribution in [2.45, 2.75) is 26.9 Å². The number of aryl methyl sites for hydroxylation is 1. The van der Waals surface area contributed by atoms with Crippen molar-refractivity contribution in [3.63, 3.8) is 0 Å². The molecule has 0 aromatic heterocycles. The van der Waals surface area contributed by atoms with Crippen molar-refractivity contribution in [3.8, 4) is 5.75 Å². The maximum Gasteiger partial charge on any atom is 0.338 e. The van der Waals surface area contributed by atoms with E-state index in [0.29, 0.717) is 28.6 Å². The van der Waals surface area contributed by atoms with E-state index in [2.05, 4.69) is 5.32 Å². The Hall–Kier alpha value is -2.53. The summed E-state index contributed by atoms with van der Waals surface area (Å²) < 4.78 is 10.6. The molecule has 1 atom stereocenters. The van der Waals surface area contributed by atoms with Crippen molar-refractivity contribution in [3.05, 3.63) is 58.6 Å². The van der Waals surface area contributed by atoms with Gasteiger partial charge in [0.25, 0.3) is 5.91 Å². The second-order valence-electron chi connectivity index (χ2n) is 5.45. The molecule has 2 rings (SSSR count). The molecular formula is C19H20ClNO4. The van der Waals surface area contributed by atoms with E-state index in [4.69, 9.17) is 21.1 Å². The quantitative estimate of drug-likeness (QED) is 0.782. The van der Waals surface area contributed by atoms with Crippen molar-refractivity contribution in [1.29, 1.82) is 0 Å². The van der Waals surface area contributed by atoms with Crippen molar-refractivity contribution in [2.24, 2.45) is 0 Å². The third-order valence-electron chi connectivity index (χ3n) is 3.49. The number of rotatable bonds is 6. The molecule has 2 aromatic carbocycles. The van der Waals surface area contributed by atoms with Gasteiger partial charge in [-0.05, 0) is 68.8 Å². The van der Waals surface area contributed by atoms with E-state index in [9.17, 15) is 9.59 Å². The normalized spacial score (nSPS) is 11.5. The summed E-state index contributed by atoms with van der Waals surface area (Å²) >= 11 is 5.82. The minimum atomic E-state index is -0.690. The minimum Gasteiger partial charge on any atom is -0.481 e. The van der Waals surface area contributed by atoms with E-state index in [1.165, 1.54) is 0 Å². The highest BCUT2D eigenvalue weighted by atomic mass is 35.5. The fourth-order valence-corrected chi connectivity index (χ4v) is 2.28. The third kappa shape index (κ3) is 5.22. The number of amides is 1. The Kier molecular flexibility index (Phi) is 6.42. The summed E-state index contributed by atoms with van der Waals surface area (Å²) in [6, 6.07) is 11.8. The van der Waals surface area contributed by atoms with Gasteiger partial charge in [-0.25, -0.2) is 4.79 Å². The molecule has 0 heterocycles. The number of nitrogens with one attached hydrogen (secondary N) is 1. The maximum atomic E-state index is 12.3. The molecule has 132 valence electrons. The second-order valence-corrected chi connectivity index (χ2v) is 5.89. The number of ether oxygens (including phenoxy) is 2. The molecule has 2 aromatic rings. The molecule has 0 spiro atoms. The molecule has 5 nitrogen and oxygen atoms in total. The van der Waals surface area contributed by atoms with Crippen LogP contribution in [0.15, 0.2) is 42.5 Å². The number of benzene rings is 2. The number of carbonyl (C=O) groups excluding carboxylic acids is 2. The predicted octanol–water partition coefficient (Wildman–Crippen LogP) is 4.23. The first kappa shape index (κ1) is 18.8. The van der Waals surface area contributed by atoms with Gasteiger partial charge in [0, 0.05) is 10.7 Å². The molecule has 0 saturated heterocycles. The van der Waals surface area contributed by atoms with Crippen LogP contribution in [0, 0.1) is 6.92 Å². The van der Waals surface area contributed by atoms with Crippen LogP contribution in [-0.4, -0.2) is 24.6 Å². The summed E-state index contributed by atoms with van der Waals surface area (Å²) in [6.07, 6.45) is -0.690. The Bertz CT molecular complexity index is 759. The smallest absolute Gasteiger partial charge is 0.338 e. The average molecular weight is 362 g/mol. The van der Waals surface area contributed by atoms with E-state index in [1.54, 1.807) is 56.3 Å². The summed E-state index contributed by atoms with van der Waals surface area (Å²) in [6.45, 7) is 5.53. The lowest BCUT2D eigenvalue weighted by molar-refractivity contribution is -0.122. The summed E-state index contributed by atoms with van der Waals surface area (Å²) in [5, 5.41) is 3.40. The maximum absolute atomic E-state index is 12.3. The first-order chi connectivity index (χ1) is 11.9. The molecular weight excluding hydrogens is 342 g/mol. The van der Waals surface area contributed by atoms with Gasteiger partial charge in [-0.2, -0.15) is 0 Å². The predicted molar refractivity (Wildman–Crippen MR) is 97.3 cm³/mol. The van der Waals surface area contributed by atoms with E-state index < -0.39 is 6.10 Å². The lowest BCUT2D eigenvalue weighted by Gasteiger charge is -2.16. The van der Waals surface area contributed by atoms with Gasteiger partial charge in [-0.3, -0.25) is 4.79 Å². The molecule has 25 heavy (non-hydrogen) atoms. The Balaban J connectivity index is 2.01. The van der Waals surface area contributed by atoms with Crippen LogP contribution < -0.4 is 10.1 Å².